The zero-order chi connectivity index (χ0) is 13.0. The molecule has 1 heterocycles. The predicted molar refractivity (Wildman–Crippen MR) is 77.6 cm³/mol. The zero-order valence-corrected chi connectivity index (χ0v) is 12.4. The number of nitrogens with one attached hydrogen (secondary N) is 1. The van der Waals surface area contributed by atoms with E-state index < -0.39 is 0 Å². The third-order valence-corrected chi connectivity index (χ3v) is 5.25. The maximum Gasteiger partial charge on any atom is 0.0947 e. The molecule has 18 heavy (non-hydrogen) atoms. The Hall–Kier alpha value is -0.450. The summed E-state index contributed by atoms with van der Waals surface area (Å²) < 4.78 is 0. The van der Waals surface area contributed by atoms with Gasteiger partial charge in [0.15, 0.2) is 0 Å². The molecule has 1 fully saturated rings. The van der Waals surface area contributed by atoms with Crippen LogP contribution >= 0.6 is 11.3 Å². The van der Waals surface area contributed by atoms with Gasteiger partial charge in [0, 0.05) is 17.3 Å². The van der Waals surface area contributed by atoms with Crippen LogP contribution in [0, 0.1) is 19.8 Å². The summed E-state index contributed by atoms with van der Waals surface area (Å²) in [5, 5.41) is 1.23. The molecule has 0 radical (unpaired) electrons. The summed E-state index contributed by atoms with van der Waals surface area (Å²) in [5.41, 5.74) is 4.22. The van der Waals surface area contributed by atoms with Crippen LogP contribution in [0.2, 0.25) is 0 Å². The quantitative estimate of drug-likeness (QED) is 0.501. The van der Waals surface area contributed by atoms with Crippen LogP contribution in [0.3, 0.4) is 0 Å². The van der Waals surface area contributed by atoms with E-state index in [0.717, 1.165) is 12.3 Å². The van der Waals surface area contributed by atoms with Crippen molar-refractivity contribution in [2.75, 3.05) is 0 Å². The lowest BCUT2D eigenvalue weighted by atomic mass is 9.90. The number of nitrogens with zero attached hydrogens (tertiary/aromatic N) is 1. The van der Waals surface area contributed by atoms with Crippen LogP contribution in [-0.2, 0) is 6.42 Å². The number of nitrogens with two attached hydrogens (primary N) is 1. The Labute approximate surface area is 114 Å². The lowest BCUT2D eigenvalue weighted by Gasteiger charge is -2.24. The van der Waals surface area contributed by atoms with Crippen LogP contribution in [0.4, 0.5) is 0 Å². The van der Waals surface area contributed by atoms with E-state index in [-0.39, 0.29) is 0 Å². The molecular weight excluding hydrogens is 242 g/mol. The SMILES string of the molecule is Cc1nc(CC(NN)C2CCCCCC2)sc1C. The van der Waals surface area contributed by atoms with Crippen LogP contribution in [-0.4, -0.2) is 11.0 Å². The maximum atomic E-state index is 5.77. The number of rotatable bonds is 4. The Morgan fingerprint density at radius 1 is 1.28 bits per heavy atom. The molecule has 0 bridgehead atoms. The van der Waals surface area contributed by atoms with Crippen molar-refractivity contribution in [2.45, 2.75) is 64.8 Å². The number of aryl methyl sites for hydroxylation is 2. The first-order chi connectivity index (χ1) is 8.70. The number of hydrazine groups is 1. The van der Waals surface area contributed by atoms with Crippen molar-refractivity contribution in [3.05, 3.63) is 15.6 Å². The summed E-state index contributed by atoms with van der Waals surface area (Å²) in [6.45, 7) is 4.24. The van der Waals surface area contributed by atoms with Crippen molar-refractivity contribution in [3.8, 4) is 0 Å². The van der Waals surface area contributed by atoms with E-state index in [2.05, 4.69) is 24.3 Å². The van der Waals surface area contributed by atoms with E-state index in [1.54, 1.807) is 0 Å². The van der Waals surface area contributed by atoms with Crippen LogP contribution in [0.15, 0.2) is 0 Å². The molecule has 4 heteroatoms. The van der Waals surface area contributed by atoms with Gasteiger partial charge in [-0.15, -0.1) is 11.3 Å². The Morgan fingerprint density at radius 2 is 1.94 bits per heavy atom. The first kappa shape index (κ1) is 14.0. The molecule has 1 aromatic rings. The third kappa shape index (κ3) is 3.53. The Kier molecular flexibility index (Phi) is 5.15. The van der Waals surface area contributed by atoms with Gasteiger partial charge in [-0.1, -0.05) is 25.7 Å². The van der Waals surface area contributed by atoms with Crippen molar-refractivity contribution in [3.63, 3.8) is 0 Å². The smallest absolute Gasteiger partial charge is 0.0947 e. The summed E-state index contributed by atoms with van der Waals surface area (Å²) in [5.74, 6) is 6.50. The second kappa shape index (κ2) is 6.64. The molecule has 0 aliphatic heterocycles. The van der Waals surface area contributed by atoms with Crippen LogP contribution < -0.4 is 11.3 Å². The fourth-order valence-electron chi connectivity index (χ4n) is 2.89. The van der Waals surface area contributed by atoms with Crippen molar-refractivity contribution in [1.82, 2.24) is 10.4 Å². The zero-order valence-electron chi connectivity index (χ0n) is 11.5. The highest BCUT2D eigenvalue weighted by molar-refractivity contribution is 7.11. The van der Waals surface area contributed by atoms with Gasteiger partial charge in [-0.25, -0.2) is 4.98 Å². The largest absolute Gasteiger partial charge is 0.271 e. The van der Waals surface area contributed by atoms with Crippen molar-refractivity contribution in [1.29, 1.82) is 0 Å². The van der Waals surface area contributed by atoms with E-state index in [1.165, 1.54) is 54.1 Å². The highest BCUT2D eigenvalue weighted by Gasteiger charge is 2.23. The molecule has 1 saturated carbocycles. The first-order valence-electron chi connectivity index (χ1n) is 7.09. The predicted octanol–water partition coefficient (Wildman–Crippen LogP) is 3.10. The first-order valence-corrected chi connectivity index (χ1v) is 7.91. The number of hydrogen-bond donors (Lipinski definition) is 2. The molecule has 1 atom stereocenters. The van der Waals surface area contributed by atoms with Crippen molar-refractivity contribution < 1.29 is 0 Å². The summed E-state index contributed by atoms with van der Waals surface area (Å²) in [6, 6.07) is 0.396. The normalized spacial score (nSPS) is 19.7. The molecule has 1 aromatic heterocycles. The standard InChI is InChI=1S/C14H25N3S/c1-10-11(2)18-14(16-10)9-13(17-15)12-7-5-3-4-6-8-12/h12-13,17H,3-9,15H2,1-2H3. The fourth-order valence-corrected chi connectivity index (χ4v) is 3.88. The fraction of sp³-hybridized carbons (Fsp3) is 0.786. The molecule has 0 amide bonds. The molecular formula is C14H25N3S. The molecule has 3 nitrogen and oxygen atoms in total. The van der Waals surface area contributed by atoms with Gasteiger partial charge in [-0.2, -0.15) is 0 Å². The molecule has 102 valence electrons. The molecule has 1 aliphatic rings. The lowest BCUT2D eigenvalue weighted by Crippen LogP contribution is -2.42. The average Bonchev–Trinajstić information content (AvgIpc) is 2.60. The summed E-state index contributed by atoms with van der Waals surface area (Å²) in [6.07, 6.45) is 9.13. The Morgan fingerprint density at radius 3 is 2.44 bits per heavy atom. The van der Waals surface area contributed by atoms with E-state index in [4.69, 9.17) is 5.84 Å². The summed E-state index contributed by atoms with van der Waals surface area (Å²) in [7, 11) is 0. The minimum Gasteiger partial charge on any atom is -0.271 e. The van der Waals surface area contributed by atoms with Gasteiger partial charge in [-0.3, -0.25) is 11.3 Å². The number of hydrogen-bond acceptors (Lipinski definition) is 4. The minimum absolute atomic E-state index is 0.396. The monoisotopic (exact) mass is 267 g/mol. The summed E-state index contributed by atoms with van der Waals surface area (Å²) >= 11 is 1.82. The van der Waals surface area contributed by atoms with Gasteiger partial charge in [0.05, 0.1) is 10.7 Å². The van der Waals surface area contributed by atoms with E-state index >= 15 is 0 Å². The van der Waals surface area contributed by atoms with Crippen LogP contribution in [0.1, 0.15) is 54.1 Å². The van der Waals surface area contributed by atoms with Gasteiger partial charge in [-0.05, 0) is 32.6 Å². The van der Waals surface area contributed by atoms with Gasteiger partial charge in [0.25, 0.3) is 0 Å². The number of aromatic nitrogens is 1. The molecule has 3 N–H and O–H groups in total. The maximum absolute atomic E-state index is 5.77. The molecule has 2 rings (SSSR count). The van der Waals surface area contributed by atoms with Gasteiger partial charge < -0.3 is 0 Å². The molecule has 1 aliphatic carbocycles. The van der Waals surface area contributed by atoms with Crippen molar-refractivity contribution >= 4 is 11.3 Å². The van der Waals surface area contributed by atoms with E-state index in [9.17, 15) is 0 Å². The highest BCUT2D eigenvalue weighted by atomic mass is 32.1. The van der Waals surface area contributed by atoms with Gasteiger partial charge in [0.1, 0.15) is 0 Å². The second-order valence-electron chi connectivity index (χ2n) is 5.48. The van der Waals surface area contributed by atoms with E-state index in [1.807, 2.05) is 11.3 Å². The molecule has 1 unspecified atom stereocenters. The lowest BCUT2D eigenvalue weighted by molar-refractivity contribution is 0.320. The topological polar surface area (TPSA) is 50.9 Å². The van der Waals surface area contributed by atoms with Gasteiger partial charge in [0.2, 0.25) is 0 Å². The third-order valence-electron chi connectivity index (χ3n) is 4.15. The average molecular weight is 267 g/mol. The van der Waals surface area contributed by atoms with E-state index in [0.29, 0.717) is 6.04 Å². The Bertz CT molecular complexity index is 348. The Balaban J connectivity index is 1.99. The molecule has 0 saturated heterocycles. The van der Waals surface area contributed by atoms with Crippen LogP contribution in [0.25, 0.3) is 0 Å². The van der Waals surface area contributed by atoms with Crippen molar-refractivity contribution in [2.24, 2.45) is 11.8 Å². The second-order valence-corrected chi connectivity index (χ2v) is 6.77. The molecule has 0 spiro atoms. The van der Waals surface area contributed by atoms with Gasteiger partial charge >= 0.3 is 0 Å². The highest BCUT2D eigenvalue weighted by Crippen LogP contribution is 2.28. The summed E-state index contributed by atoms with van der Waals surface area (Å²) in [4.78, 5) is 5.97. The molecule has 0 aromatic carbocycles. The minimum atomic E-state index is 0.396. The number of thiazole rings is 1. The van der Waals surface area contributed by atoms with Crippen LogP contribution in [0.5, 0.6) is 0 Å².